The minimum absolute atomic E-state index is 0.0160. The maximum atomic E-state index is 12.1. The van der Waals surface area contributed by atoms with E-state index in [0.717, 1.165) is 0 Å². The van der Waals surface area contributed by atoms with Crippen LogP contribution in [0.25, 0.3) is 6.08 Å². The molecule has 0 unspecified atom stereocenters. The SMILES string of the molecule is COc1ccc([N+](=O)[O-])cc1C1=N/C(=C/c2cccc(Cl)c2Cl)C(=O)O1. The molecule has 2 aromatic rings. The molecule has 0 bridgehead atoms. The fourth-order valence-corrected chi connectivity index (χ4v) is 2.64. The van der Waals surface area contributed by atoms with Gasteiger partial charge in [-0.2, -0.15) is 0 Å². The second kappa shape index (κ2) is 7.15. The molecule has 0 saturated heterocycles. The largest absolute Gasteiger partial charge is 0.496 e. The summed E-state index contributed by atoms with van der Waals surface area (Å²) in [6.07, 6.45) is 1.42. The number of carbonyl (C=O) groups excluding carboxylic acids is 1. The van der Waals surface area contributed by atoms with Crippen LogP contribution in [0.3, 0.4) is 0 Å². The van der Waals surface area contributed by atoms with Gasteiger partial charge < -0.3 is 9.47 Å². The molecule has 0 radical (unpaired) electrons. The minimum Gasteiger partial charge on any atom is -0.496 e. The van der Waals surface area contributed by atoms with Gasteiger partial charge in [-0.3, -0.25) is 10.1 Å². The lowest BCUT2D eigenvalue weighted by atomic mass is 10.1. The first kappa shape index (κ1) is 17.9. The van der Waals surface area contributed by atoms with E-state index in [1.165, 1.54) is 31.4 Å². The molecule has 0 amide bonds. The standard InChI is InChI=1S/C17H10Cl2N2O5/c1-25-14-6-5-10(21(23)24)8-11(14)16-20-13(17(22)26-16)7-9-3-2-4-12(18)15(9)19/h2-8H,1H3/b13-7+. The van der Waals surface area contributed by atoms with Crippen LogP contribution in [-0.4, -0.2) is 23.9 Å². The Morgan fingerprint density at radius 1 is 1.27 bits per heavy atom. The van der Waals surface area contributed by atoms with Crippen LogP contribution in [0.2, 0.25) is 10.0 Å². The third kappa shape index (κ3) is 3.40. The van der Waals surface area contributed by atoms with E-state index in [4.69, 9.17) is 32.7 Å². The fourth-order valence-electron chi connectivity index (χ4n) is 2.28. The molecule has 0 aliphatic carbocycles. The highest BCUT2D eigenvalue weighted by Gasteiger charge is 2.28. The van der Waals surface area contributed by atoms with Crippen molar-refractivity contribution in [1.29, 1.82) is 0 Å². The Bertz CT molecular complexity index is 985. The van der Waals surface area contributed by atoms with Gasteiger partial charge in [0.05, 0.1) is 27.6 Å². The van der Waals surface area contributed by atoms with E-state index in [1.807, 2.05) is 0 Å². The summed E-state index contributed by atoms with van der Waals surface area (Å²) in [5, 5.41) is 11.6. The second-order valence-electron chi connectivity index (χ2n) is 5.12. The number of rotatable bonds is 4. The van der Waals surface area contributed by atoms with Crippen molar-refractivity contribution in [2.45, 2.75) is 0 Å². The predicted molar refractivity (Wildman–Crippen MR) is 96.7 cm³/mol. The maximum absolute atomic E-state index is 12.1. The molecule has 0 saturated carbocycles. The molecule has 0 atom stereocenters. The number of nitro groups is 1. The van der Waals surface area contributed by atoms with Crippen molar-refractivity contribution >= 4 is 46.8 Å². The number of nitro benzene ring substituents is 1. The van der Waals surface area contributed by atoms with Crippen molar-refractivity contribution in [3.63, 3.8) is 0 Å². The molecule has 0 fully saturated rings. The highest BCUT2D eigenvalue weighted by Crippen LogP contribution is 2.31. The first-order valence-corrected chi connectivity index (χ1v) is 7.95. The summed E-state index contributed by atoms with van der Waals surface area (Å²) in [5.74, 6) is -0.534. The molecule has 0 N–H and O–H groups in total. The van der Waals surface area contributed by atoms with E-state index in [2.05, 4.69) is 4.99 Å². The Hall–Kier alpha value is -2.90. The number of halogens is 2. The van der Waals surface area contributed by atoms with Gasteiger partial charge in [0.25, 0.3) is 5.69 Å². The van der Waals surface area contributed by atoms with Gasteiger partial charge in [0.15, 0.2) is 5.70 Å². The average Bonchev–Trinajstić information content (AvgIpc) is 2.98. The van der Waals surface area contributed by atoms with E-state index in [-0.39, 0.29) is 33.6 Å². The van der Waals surface area contributed by atoms with E-state index in [1.54, 1.807) is 18.2 Å². The Labute approximate surface area is 157 Å². The summed E-state index contributed by atoms with van der Waals surface area (Å²) >= 11 is 12.1. The number of cyclic esters (lactones) is 1. The molecule has 0 spiro atoms. The van der Waals surface area contributed by atoms with Gasteiger partial charge in [0.1, 0.15) is 5.75 Å². The van der Waals surface area contributed by atoms with E-state index >= 15 is 0 Å². The molecule has 7 nitrogen and oxygen atoms in total. The van der Waals surface area contributed by atoms with Crippen LogP contribution in [0.4, 0.5) is 5.69 Å². The smallest absolute Gasteiger partial charge is 0.363 e. The molecular weight excluding hydrogens is 383 g/mol. The number of methoxy groups -OCH3 is 1. The first-order chi connectivity index (χ1) is 12.4. The van der Waals surface area contributed by atoms with Crippen LogP contribution < -0.4 is 4.74 Å². The zero-order valence-electron chi connectivity index (χ0n) is 13.2. The number of esters is 1. The molecule has 132 valence electrons. The summed E-state index contributed by atoms with van der Waals surface area (Å²) in [7, 11) is 1.39. The van der Waals surface area contributed by atoms with Crippen LogP contribution in [0.1, 0.15) is 11.1 Å². The highest BCUT2D eigenvalue weighted by atomic mass is 35.5. The van der Waals surface area contributed by atoms with Crippen molar-refractivity contribution in [2.75, 3.05) is 7.11 Å². The topological polar surface area (TPSA) is 91.0 Å². The number of hydrogen-bond acceptors (Lipinski definition) is 6. The van der Waals surface area contributed by atoms with Crippen molar-refractivity contribution < 1.29 is 19.2 Å². The lowest BCUT2D eigenvalue weighted by Gasteiger charge is -2.06. The second-order valence-corrected chi connectivity index (χ2v) is 5.91. The summed E-state index contributed by atoms with van der Waals surface area (Å²) in [4.78, 5) is 26.7. The van der Waals surface area contributed by atoms with Gasteiger partial charge in [0, 0.05) is 12.1 Å². The maximum Gasteiger partial charge on any atom is 0.363 e. The van der Waals surface area contributed by atoms with E-state index in [0.29, 0.717) is 10.6 Å². The van der Waals surface area contributed by atoms with Crippen LogP contribution in [-0.2, 0) is 9.53 Å². The number of aliphatic imine (C=N–C) groups is 1. The van der Waals surface area contributed by atoms with Crippen LogP contribution in [0.5, 0.6) is 5.75 Å². The lowest BCUT2D eigenvalue weighted by Crippen LogP contribution is -2.07. The number of ether oxygens (including phenoxy) is 2. The van der Waals surface area contributed by atoms with Crippen molar-refractivity contribution in [3.05, 3.63) is 73.4 Å². The van der Waals surface area contributed by atoms with Crippen LogP contribution >= 0.6 is 23.2 Å². The number of non-ortho nitro benzene ring substituents is 1. The zero-order valence-corrected chi connectivity index (χ0v) is 14.7. The molecule has 1 heterocycles. The monoisotopic (exact) mass is 392 g/mol. The van der Waals surface area contributed by atoms with Crippen molar-refractivity contribution in [1.82, 2.24) is 0 Å². The van der Waals surface area contributed by atoms with Crippen molar-refractivity contribution in [3.8, 4) is 5.75 Å². The fraction of sp³-hybridized carbons (Fsp3) is 0.0588. The average molecular weight is 393 g/mol. The first-order valence-electron chi connectivity index (χ1n) is 7.20. The van der Waals surface area contributed by atoms with E-state index in [9.17, 15) is 14.9 Å². The molecule has 9 heteroatoms. The van der Waals surface area contributed by atoms with Crippen LogP contribution in [0.15, 0.2) is 47.1 Å². The number of carbonyl (C=O) groups is 1. The number of nitrogens with zero attached hydrogens (tertiary/aromatic N) is 2. The van der Waals surface area contributed by atoms with Gasteiger partial charge in [-0.05, 0) is 23.8 Å². The normalized spacial score (nSPS) is 15.0. The molecular formula is C17H10Cl2N2O5. The molecule has 0 aromatic heterocycles. The third-order valence-electron chi connectivity index (χ3n) is 3.52. The molecule has 2 aromatic carbocycles. The Morgan fingerprint density at radius 3 is 2.73 bits per heavy atom. The Morgan fingerprint density at radius 2 is 2.04 bits per heavy atom. The molecule has 3 rings (SSSR count). The summed E-state index contributed by atoms with van der Waals surface area (Å²) in [6.45, 7) is 0. The van der Waals surface area contributed by atoms with Gasteiger partial charge in [-0.15, -0.1) is 0 Å². The lowest BCUT2D eigenvalue weighted by molar-refractivity contribution is -0.384. The predicted octanol–water partition coefficient (Wildman–Crippen LogP) is 4.25. The number of hydrogen-bond donors (Lipinski definition) is 0. The summed E-state index contributed by atoms with van der Waals surface area (Å²) < 4.78 is 10.3. The van der Waals surface area contributed by atoms with Gasteiger partial charge in [0.2, 0.25) is 5.90 Å². The van der Waals surface area contributed by atoms with Crippen molar-refractivity contribution in [2.24, 2.45) is 4.99 Å². The minimum atomic E-state index is -0.718. The molecule has 1 aliphatic heterocycles. The molecule has 26 heavy (non-hydrogen) atoms. The zero-order chi connectivity index (χ0) is 18.8. The third-order valence-corrected chi connectivity index (χ3v) is 4.35. The Kier molecular flexibility index (Phi) is 4.92. The van der Waals surface area contributed by atoms with Gasteiger partial charge in [-0.25, -0.2) is 9.79 Å². The Balaban J connectivity index is 2.06. The van der Waals surface area contributed by atoms with Crippen LogP contribution in [0, 0.1) is 10.1 Å². The van der Waals surface area contributed by atoms with E-state index < -0.39 is 10.9 Å². The number of benzene rings is 2. The van der Waals surface area contributed by atoms with Gasteiger partial charge in [-0.1, -0.05) is 35.3 Å². The van der Waals surface area contributed by atoms with Gasteiger partial charge >= 0.3 is 5.97 Å². The summed E-state index contributed by atoms with van der Waals surface area (Å²) in [5.41, 5.74) is 0.477. The summed E-state index contributed by atoms with van der Waals surface area (Å²) in [6, 6.07) is 8.86. The quantitative estimate of drug-likeness (QED) is 0.335. The molecule has 1 aliphatic rings. The highest BCUT2D eigenvalue weighted by molar-refractivity contribution is 6.43.